The molecule has 0 bridgehead atoms. The van der Waals surface area contributed by atoms with E-state index in [2.05, 4.69) is 5.10 Å². The van der Waals surface area contributed by atoms with Gasteiger partial charge < -0.3 is 9.47 Å². The van der Waals surface area contributed by atoms with Crippen molar-refractivity contribution in [2.24, 2.45) is 0 Å². The van der Waals surface area contributed by atoms with Crippen LogP contribution in [0, 0.1) is 18.3 Å². The Morgan fingerprint density at radius 1 is 1.12 bits per heavy atom. The first kappa shape index (κ1) is 17.2. The van der Waals surface area contributed by atoms with E-state index in [4.69, 9.17) is 14.7 Å². The zero-order chi connectivity index (χ0) is 18.4. The van der Waals surface area contributed by atoms with Crippen LogP contribution in [0.1, 0.15) is 21.6 Å². The van der Waals surface area contributed by atoms with Crippen molar-refractivity contribution in [3.05, 3.63) is 77.6 Å². The second-order valence-electron chi connectivity index (χ2n) is 5.51. The molecule has 1 aromatic heterocycles. The van der Waals surface area contributed by atoms with Gasteiger partial charge >= 0.3 is 5.97 Å². The largest absolute Gasteiger partial charge is 0.490 e. The van der Waals surface area contributed by atoms with Gasteiger partial charge in [-0.2, -0.15) is 10.4 Å². The van der Waals surface area contributed by atoms with Crippen LogP contribution in [0.3, 0.4) is 0 Å². The minimum absolute atomic E-state index is 0.120. The predicted molar refractivity (Wildman–Crippen MR) is 95.2 cm³/mol. The number of ether oxygens (including phenoxy) is 2. The molecule has 130 valence electrons. The molecular formula is C20H17N3O3. The maximum Gasteiger partial charge on any atom is 0.341 e. The monoisotopic (exact) mass is 347 g/mol. The van der Waals surface area contributed by atoms with E-state index in [0.29, 0.717) is 22.6 Å². The van der Waals surface area contributed by atoms with E-state index >= 15 is 0 Å². The third-order valence-corrected chi connectivity index (χ3v) is 3.80. The molecule has 0 aliphatic carbocycles. The Morgan fingerprint density at radius 2 is 1.85 bits per heavy atom. The van der Waals surface area contributed by atoms with Crippen LogP contribution in [-0.4, -0.2) is 29.0 Å². The molecule has 0 saturated heterocycles. The summed E-state index contributed by atoms with van der Waals surface area (Å²) in [5.41, 5.74) is 2.59. The molecule has 2 aromatic carbocycles. The normalized spacial score (nSPS) is 10.2. The van der Waals surface area contributed by atoms with Gasteiger partial charge in [0.1, 0.15) is 24.5 Å². The van der Waals surface area contributed by atoms with Crippen molar-refractivity contribution in [1.82, 2.24) is 9.78 Å². The molecule has 0 spiro atoms. The van der Waals surface area contributed by atoms with Gasteiger partial charge in [-0.25, -0.2) is 9.48 Å². The molecule has 3 aromatic rings. The average Bonchev–Trinajstić information content (AvgIpc) is 3.07. The standard InChI is InChI=1S/C20H17N3O3/c1-15-19(14-22-23(15)17-5-3-2-4-6-17)20(24)26-12-11-25-18-9-7-16(13-21)8-10-18/h2-10,14H,11-12H2,1H3. The molecule has 0 unspecified atom stereocenters. The van der Waals surface area contributed by atoms with Crippen LogP contribution in [0.5, 0.6) is 5.75 Å². The lowest BCUT2D eigenvalue weighted by Crippen LogP contribution is -2.13. The van der Waals surface area contributed by atoms with Crippen molar-refractivity contribution in [3.8, 4) is 17.5 Å². The van der Waals surface area contributed by atoms with Crippen molar-refractivity contribution in [2.75, 3.05) is 13.2 Å². The fourth-order valence-electron chi connectivity index (χ4n) is 2.44. The van der Waals surface area contributed by atoms with Gasteiger partial charge in [0.05, 0.1) is 29.2 Å². The minimum atomic E-state index is -0.437. The number of nitriles is 1. The second-order valence-corrected chi connectivity index (χ2v) is 5.51. The highest BCUT2D eigenvalue weighted by Gasteiger charge is 2.16. The molecular weight excluding hydrogens is 330 g/mol. The van der Waals surface area contributed by atoms with E-state index in [9.17, 15) is 4.79 Å². The molecule has 1 heterocycles. The van der Waals surface area contributed by atoms with Gasteiger partial charge in [-0.05, 0) is 43.3 Å². The summed E-state index contributed by atoms with van der Waals surface area (Å²) in [4.78, 5) is 12.2. The fourth-order valence-corrected chi connectivity index (χ4v) is 2.44. The summed E-state index contributed by atoms with van der Waals surface area (Å²) in [6, 6.07) is 18.4. The van der Waals surface area contributed by atoms with E-state index in [1.165, 1.54) is 6.20 Å². The third kappa shape index (κ3) is 3.90. The Labute approximate surface area is 151 Å². The average molecular weight is 347 g/mol. The number of para-hydroxylation sites is 1. The smallest absolute Gasteiger partial charge is 0.341 e. The molecule has 6 heteroatoms. The molecule has 0 amide bonds. The summed E-state index contributed by atoms with van der Waals surface area (Å²) in [6.45, 7) is 2.17. The van der Waals surface area contributed by atoms with Crippen molar-refractivity contribution >= 4 is 5.97 Å². The molecule has 0 radical (unpaired) electrons. The number of carbonyl (C=O) groups is 1. The topological polar surface area (TPSA) is 77.1 Å². The molecule has 0 N–H and O–H groups in total. The Bertz CT molecular complexity index is 925. The van der Waals surface area contributed by atoms with Crippen molar-refractivity contribution in [2.45, 2.75) is 6.92 Å². The number of hydrogen-bond donors (Lipinski definition) is 0. The minimum Gasteiger partial charge on any atom is -0.490 e. The van der Waals surface area contributed by atoms with E-state index in [-0.39, 0.29) is 13.2 Å². The van der Waals surface area contributed by atoms with E-state index < -0.39 is 5.97 Å². The molecule has 6 nitrogen and oxygen atoms in total. The third-order valence-electron chi connectivity index (χ3n) is 3.80. The summed E-state index contributed by atoms with van der Waals surface area (Å²) >= 11 is 0. The summed E-state index contributed by atoms with van der Waals surface area (Å²) in [6.07, 6.45) is 1.51. The van der Waals surface area contributed by atoms with Gasteiger partial charge in [-0.1, -0.05) is 18.2 Å². The van der Waals surface area contributed by atoms with Gasteiger partial charge in [-0.3, -0.25) is 0 Å². The maximum atomic E-state index is 12.2. The molecule has 26 heavy (non-hydrogen) atoms. The maximum absolute atomic E-state index is 12.2. The van der Waals surface area contributed by atoms with Crippen LogP contribution >= 0.6 is 0 Å². The summed E-state index contributed by atoms with van der Waals surface area (Å²) in [5, 5.41) is 13.0. The van der Waals surface area contributed by atoms with Gasteiger partial charge in [-0.15, -0.1) is 0 Å². The van der Waals surface area contributed by atoms with Gasteiger partial charge in [0.25, 0.3) is 0 Å². The SMILES string of the molecule is Cc1c(C(=O)OCCOc2ccc(C#N)cc2)cnn1-c1ccccc1. The number of nitrogens with zero attached hydrogens (tertiary/aromatic N) is 3. The van der Waals surface area contributed by atoms with E-state index in [1.54, 1.807) is 28.9 Å². The highest BCUT2D eigenvalue weighted by Crippen LogP contribution is 2.15. The molecule has 0 fully saturated rings. The quantitative estimate of drug-likeness (QED) is 0.505. The molecule has 0 aliphatic heterocycles. The van der Waals surface area contributed by atoms with Crippen LogP contribution < -0.4 is 4.74 Å². The van der Waals surface area contributed by atoms with Gasteiger partial charge in [0, 0.05) is 0 Å². The highest BCUT2D eigenvalue weighted by molar-refractivity contribution is 5.90. The number of carbonyl (C=O) groups excluding carboxylic acids is 1. The Kier molecular flexibility index (Phi) is 5.30. The van der Waals surface area contributed by atoms with E-state index in [1.807, 2.05) is 43.3 Å². The van der Waals surface area contributed by atoms with Gasteiger partial charge in [0.15, 0.2) is 0 Å². The van der Waals surface area contributed by atoms with Crippen molar-refractivity contribution < 1.29 is 14.3 Å². The molecule has 0 saturated carbocycles. The zero-order valence-corrected chi connectivity index (χ0v) is 14.3. The summed E-state index contributed by atoms with van der Waals surface area (Å²) in [7, 11) is 0. The lowest BCUT2D eigenvalue weighted by atomic mass is 10.2. The summed E-state index contributed by atoms with van der Waals surface area (Å²) in [5.74, 6) is 0.182. The van der Waals surface area contributed by atoms with Crippen LogP contribution in [0.2, 0.25) is 0 Å². The molecule has 0 atom stereocenters. The Hall–Kier alpha value is -3.59. The van der Waals surface area contributed by atoms with Crippen LogP contribution in [0.15, 0.2) is 60.8 Å². The highest BCUT2D eigenvalue weighted by atomic mass is 16.6. The lowest BCUT2D eigenvalue weighted by molar-refractivity contribution is 0.0449. The van der Waals surface area contributed by atoms with E-state index in [0.717, 1.165) is 5.69 Å². The van der Waals surface area contributed by atoms with Crippen molar-refractivity contribution in [3.63, 3.8) is 0 Å². The number of hydrogen-bond acceptors (Lipinski definition) is 5. The molecule has 3 rings (SSSR count). The van der Waals surface area contributed by atoms with Gasteiger partial charge in [0.2, 0.25) is 0 Å². The predicted octanol–water partition coefficient (Wildman–Crippen LogP) is 3.29. The van der Waals surface area contributed by atoms with Crippen LogP contribution in [-0.2, 0) is 4.74 Å². The van der Waals surface area contributed by atoms with Crippen LogP contribution in [0.25, 0.3) is 5.69 Å². The fraction of sp³-hybridized carbons (Fsp3) is 0.150. The Morgan fingerprint density at radius 3 is 2.54 bits per heavy atom. The number of esters is 1. The summed E-state index contributed by atoms with van der Waals surface area (Å²) < 4.78 is 12.4. The lowest BCUT2D eigenvalue weighted by Gasteiger charge is -2.08. The number of rotatable bonds is 6. The van der Waals surface area contributed by atoms with Crippen molar-refractivity contribution in [1.29, 1.82) is 5.26 Å². The first-order valence-corrected chi connectivity index (χ1v) is 8.09. The zero-order valence-electron chi connectivity index (χ0n) is 14.3. The first-order chi connectivity index (χ1) is 12.7. The second kappa shape index (κ2) is 7.99. The molecule has 0 aliphatic rings. The van der Waals surface area contributed by atoms with Crippen LogP contribution in [0.4, 0.5) is 0 Å². The number of benzene rings is 2. The number of aromatic nitrogens is 2. The Balaban J connectivity index is 1.54. The first-order valence-electron chi connectivity index (χ1n) is 8.09.